The lowest BCUT2D eigenvalue weighted by atomic mass is 9.88. The van der Waals surface area contributed by atoms with Crippen molar-refractivity contribution in [3.8, 4) is 0 Å². The van der Waals surface area contributed by atoms with E-state index in [9.17, 15) is 4.79 Å². The molecule has 3 aromatic rings. The molecule has 3 nitrogen and oxygen atoms in total. The summed E-state index contributed by atoms with van der Waals surface area (Å²) in [6.07, 6.45) is 11.8. The van der Waals surface area contributed by atoms with Crippen molar-refractivity contribution in [3.05, 3.63) is 70.4 Å². The number of aromatic nitrogens is 1. The molecule has 2 aromatic carbocycles. The lowest BCUT2D eigenvalue weighted by Crippen LogP contribution is -2.29. The predicted molar refractivity (Wildman–Crippen MR) is 139 cm³/mol. The Balaban J connectivity index is 1.58. The first-order chi connectivity index (χ1) is 16.1. The maximum Gasteiger partial charge on any atom is 0.167 e. The van der Waals surface area contributed by atoms with Gasteiger partial charge in [-0.25, -0.2) is 0 Å². The van der Waals surface area contributed by atoms with E-state index in [1.165, 1.54) is 53.3 Å². The molecular weight excluding hydrogens is 404 g/mol. The number of rotatable bonds is 10. The first-order valence-corrected chi connectivity index (χ1v) is 13.0. The van der Waals surface area contributed by atoms with Crippen LogP contribution in [0.4, 0.5) is 0 Å². The minimum Gasteiger partial charge on any atom is -0.361 e. The average molecular weight is 445 g/mol. The summed E-state index contributed by atoms with van der Waals surface area (Å²) in [7, 11) is 2.21. The minimum absolute atomic E-state index is 0.259. The fourth-order valence-electron chi connectivity index (χ4n) is 5.38. The van der Waals surface area contributed by atoms with Gasteiger partial charge < -0.3 is 9.88 Å². The number of carbonyl (C=O) groups excluding carboxylic acids is 1. The first-order valence-electron chi connectivity index (χ1n) is 13.0. The molecule has 0 aliphatic carbocycles. The molecule has 1 aromatic heterocycles. The number of carbonyl (C=O) groups is 1. The van der Waals surface area contributed by atoms with Gasteiger partial charge in [0.25, 0.3) is 0 Å². The molecule has 2 heterocycles. The molecule has 0 atom stereocenters. The summed E-state index contributed by atoms with van der Waals surface area (Å²) in [5, 5.41) is 1.30. The van der Waals surface area contributed by atoms with Gasteiger partial charge in [0, 0.05) is 29.1 Å². The van der Waals surface area contributed by atoms with Gasteiger partial charge in [0.15, 0.2) is 5.78 Å². The summed E-state index contributed by atoms with van der Waals surface area (Å²) in [4.78, 5) is 19.4. The van der Waals surface area contributed by atoms with Crippen molar-refractivity contribution in [2.75, 3.05) is 20.1 Å². The van der Waals surface area contributed by atoms with Crippen molar-refractivity contribution >= 4 is 16.7 Å². The zero-order chi connectivity index (χ0) is 23.2. The monoisotopic (exact) mass is 444 g/mol. The fourth-order valence-corrected chi connectivity index (χ4v) is 5.38. The number of piperidine rings is 1. The quantitative estimate of drug-likeness (QED) is 0.339. The Morgan fingerprint density at radius 1 is 1.03 bits per heavy atom. The number of H-pyrrole nitrogens is 1. The van der Waals surface area contributed by atoms with E-state index in [1.54, 1.807) is 0 Å². The predicted octanol–water partition coefficient (Wildman–Crippen LogP) is 7.09. The zero-order valence-corrected chi connectivity index (χ0v) is 20.8. The Hall–Kier alpha value is -2.39. The van der Waals surface area contributed by atoms with Gasteiger partial charge in [-0.05, 0) is 99.0 Å². The number of likely N-dealkylation sites (tertiary alicyclic amines) is 1. The number of unbranched alkanes of at least 4 members (excludes halogenated alkanes) is 2. The highest BCUT2D eigenvalue weighted by Gasteiger charge is 2.22. The van der Waals surface area contributed by atoms with E-state index < -0.39 is 0 Å². The van der Waals surface area contributed by atoms with Crippen molar-refractivity contribution in [2.24, 2.45) is 0 Å². The molecule has 33 heavy (non-hydrogen) atoms. The zero-order valence-electron chi connectivity index (χ0n) is 20.8. The van der Waals surface area contributed by atoms with Gasteiger partial charge in [-0.2, -0.15) is 0 Å². The average Bonchev–Trinajstić information content (AvgIpc) is 3.25. The number of Topliss-reactive ketones (excluding diaryl/α,β-unsaturated/α-hetero) is 1. The fraction of sp³-hybridized carbons (Fsp3) is 0.500. The minimum atomic E-state index is 0.259. The third kappa shape index (κ3) is 5.58. The van der Waals surface area contributed by atoms with Crippen LogP contribution in [0.2, 0.25) is 0 Å². The lowest BCUT2D eigenvalue weighted by molar-refractivity contribution is 0.0992. The molecule has 1 aliphatic rings. The summed E-state index contributed by atoms with van der Waals surface area (Å²) < 4.78 is 0. The van der Waals surface area contributed by atoms with E-state index >= 15 is 0 Å². The van der Waals surface area contributed by atoms with Crippen molar-refractivity contribution in [2.45, 2.75) is 77.6 Å². The number of fused-ring (bicyclic) bond motifs is 1. The number of nitrogens with one attached hydrogen (secondary N) is 1. The van der Waals surface area contributed by atoms with Gasteiger partial charge in [0.2, 0.25) is 0 Å². The third-order valence-electron chi connectivity index (χ3n) is 7.45. The molecule has 1 aliphatic heterocycles. The van der Waals surface area contributed by atoms with Crippen molar-refractivity contribution < 1.29 is 4.79 Å². The van der Waals surface area contributed by atoms with Crippen LogP contribution in [-0.2, 0) is 19.3 Å². The third-order valence-corrected chi connectivity index (χ3v) is 7.45. The summed E-state index contributed by atoms with van der Waals surface area (Å²) in [5.41, 5.74) is 7.36. The Morgan fingerprint density at radius 2 is 1.79 bits per heavy atom. The highest BCUT2D eigenvalue weighted by Crippen LogP contribution is 2.33. The molecule has 1 saturated heterocycles. The number of nitrogens with zero attached hydrogens (tertiary/aromatic N) is 1. The second-order valence-corrected chi connectivity index (χ2v) is 9.95. The number of benzene rings is 2. The maximum atomic E-state index is 13.5. The van der Waals surface area contributed by atoms with Gasteiger partial charge >= 0.3 is 0 Å². The SMILES string of the molecule is CCCCc1cccc(C(=O)Cc2ccc3[nH]cc(C4CCN(C)CC4)c3c2)c1CCCC. The van der Waals surface area contributed by atoms with E-state index in [0.29, 0.717) is 12.3 Å². The molecule has 0 radical (unpaired) electrons. The number of hydrogen-bond donors (Lipinski definition) is 1. The van der Waals surface area contributed by atoms with Gasteiger partial charge in [-0.15, -0.1) is 0 Å². The molecular formula is C30H40N2O. The van der Waals surface area contributed by atoms with Crippen LogP contribution in [0.15, 0.2) is 42.6 Å². The molecule has 0 spiro atoms. The summed E-state index contributed by atoms with van der Waals surface area (Å²) >= 11 is 0. The van der Waals surface area contributed by atoms with Crippen molar-refractivity contribution in [1.29, 1.82) is 0 Å². The second kappa shape index (κ2) is 11.2. The van der Waals surface area contributed by atoms with Crippen LogP contribution < -0.4 is 0 Å². The van der Waals surface area contributed by atoms with E-state index in [-0.39, 0.29) is 5.78 Å². The highest BCUT2D eigenvalue weighted by molar-refractivity contribution is 5.99. The standard InChI is InChI=1S/C30H40N2O/c1-4-6-9-23-10-8-12-26(25(23)11-7-5-2)30(33)20-22-13-14-29-27(19-22)28(21-31-29)24-15-17-32(3)18-16-24/h8,10,12-14,19,21,24,31H,4-7,9,11,15-18,20H2,1-3H3. The van der Waals surface area contributed by atoms with Crippen LogP contribution >= 0.6 is 0 Å². The van der Waals surface area contributed by atoms with Crippen molar-refractivity contribution in [3.63, 3.8) is 0 Å². The second-order valence-electron chi connectivity index (χ2n) is 9.95. The topological polar surface area (TPSA) is 36.1 Å². The number of aromatic amines is 1. The van der Waals surface area contributed by atoms with Crippen molar-refractivity contribution in [1.82, 2.24) is 9.88 Å². The molecule has 0 bridgehead atoms. The van der Waals surface area contributed by atoms with Crippen LogP contribution in [0.5, 0.6) is 0 Å². The molecule has 0 unspecified atom stereocenters. The number of hydrogen-bond acceptors (Lipinski definition) is 2. The van der Waals surface area contributed by atoms with Gasteiger partial charge in [0.05, 0.1) is 0 Å². The molecule has 176 valence electrons. The number of aryl methyl sites for hydroxylation is 1. The van der Waals surface area contributed by atoms with Crippen LogP contribution in [0.3, 0.4) is 0 Å². The molecule has 1 fully saturated rings. The molecule has 1 N–H and O–H groups in total. The Bertz CT molecular complexity index is 1070. The summed E-state index contributed by atoms with van der Waals surface area (Å²) in [6, 6.07) is 12.9. The number of ketones is 1. The van der Waals surface area contributed by atoms with E-state index in [0.717, 1.165) is 49.9 Å². The summed E-state index contributed by atoms with van der Waals surface area (Å²) in [6.45, 7) is 6.77. The van der Waals surface area contributed by atoms with Crippen LogP contribution in [0.25, 0.3) is 10.9 Å². The van der Waals surface area contributed by atoms with E-state index in [1.807, 2.05) is 0 Å². The highest BCUT2D eigenvalue weighted by atomic mass is 16.1. The smallest absolute Gasteiger partial charge is 0.167 e. The maximum absolute atomic E-state index is 13.5. The first kappa shape index (κ1) is 23.8. The van der Waals surface area contributed by atoms with Gasteiger partial charge in [-0.3, -0.25) is 4.79 Å². The van der Waals surface area contributed by atoms with E-state index in [4.69, 9.17) is 0 Å². The molecule has 3 heteroatoms. The Morgan fingerprint density at radius 3 is 2.55 bits per heavy atom. The van der Waals surface area contributed by atoms with Gasteiger partial charge in [0.1, 0.15) is 0 Å². The van der Waals surface area contributed by atoms with Crippen LogP contribution in [0.1, 0.15) is 90.9 Å². The Labute approximate surface area is 199 Å². The molecule has 0 amide bonds. The van der Waals surface area contributed by atoms with Crippen LogP contribution in [-0.4, -0.2) is 35.8 Å². The normalized spacial score (nSPS) is 15.4. The Kier molecular flexibility index (Phi) is 8.03. The lowest BCUT2D eigenvalue weighted by Gasteiger charge is -2.28. The van der Waals surface area contributed by atoms with E-state index in [2.05, 4.69) is 73.4 Å². The van der Waals surface area contributed by atoms with Crippen LogP contribution in [0, 0.1) is 0 Å². The van der Waals surface area contributed by atoms with Gasteiger partial charge in [-0.1, -0.05) is 51.0 Å². The molecule has 0 saturated carbocycles. The molecule has 4 rings (SSSR count). The largest absolute Gasteiger partial charge is 0.361 e. The summed E-state index contributed by atoms with van der Waals surface area (Å²) in [5.74, 6) is 0.868.